The Balaban J connectivity index is 1.88. The van der Waals surface area contributed by atoms with Crippen molar-refractivity contribution < 1.29 is 5.21 Å². The molecule has 3 heterocycles. The van der Waals surface area contributed by atoms with Gasteiger partial charge in [0.2, 0.25) is 0 Å². The second-order valence-corrected chi connectivity index (χ2v) is 5.43. The maximum absolute atomic E-state index is 8.72. The van der Waals surface area contributed by atoms with Crippen molar-refractivity contribution in [1.82, 2.24) is 4.98 Å². The molecule has 98 valence electrons. The fraction of sp³-hybridized carbons (Fsp3) is 0.231. The summed E-state index contributed by atoms with van der Waals surface area (Å²) in [4.78, 5) is 8.05. The van der Waals surface area contributed by atoms with Crippen LogP contribution in [0.1, 0.15) is 16.0 Å². The van der Waals surface area contributed by atoms with Gasteiger partial charge in [0.15, 0.2) is 5.84 Å². The number of thiophene rings is 1. The fourth-order valence-corrected chi connectivity index (χ4v) is 3.14. The Morgan fingerprint density at radius 2 is 2.37 bits per heavy atom. The van der Waals surface area contributed by atoms with Crippen molar-refractivity contribution in [3.8, 4) is 0 Å². The third-order valence-electron chi connectivity index (χ3n) is 3.28. The normalized spacial score (nSPS) is 15.4. The van der Waals surface area contributed by atoms with E-state index in [1.54, 1.807) is 12.3 Å². The lowest BCUT2D eigenvalue weighted by Crippen LogP contribution is -2.30. The zero-order valence-electron chi connectivity index (χ0n) is 10.3. The molecule has 1 aliphatic rings. The molecule has 3 N–H and O–H groups in total. The summed E-state index contributed by atoms with van der Waals surface area (Å²) in [6.07, 6.45) is 2.73. The highest BCUT2D eigenvalue weighted by Crippen LogP contribution is 2.26. The number of hydrogen-bond donors (Lipinski definition) is 2. The third-order valence-corrected chi connectivity index (χ3v) is 4.30. The lowest BCUT2D eigenvalue weighted by Gasteiger charge is -2.28. The smallest absolute Gasteiger partial charge is 0.170 e. The van der Waals surface area contributed by atoms with Gasteiger partial charge in [0.05, 0.1) is 0 Å². The molecule has 0 fully saturated rings. The molecule has 0 aromatic carbocycles. The number of anilines is 1. The SMILES string of the molecule is N/C(=N\O)c1ccnc(N2CCc3sccc3C2)c1. The van der Waals surface area contributed by atoms with Crippen LogP contribution in [0.25, 0.3) is 0 Å². The van der Waals surface area contributed by atoms with Crippen LogP contribution in [0.2, 0.25) is 0 Å². The summed E-state index contributed by atoms with van der Waals surface area (Å²) in [5.74, 6) is 0.970. The summed E-state index contributed by atoms with van der Waals surface area (Å²) in [5, 5.41) is 13.9. The van der Waals surface area contributed by atoms with Gasteiger partial charge in [0, 0.05) is 29.7 Å². The average Bonchev–Trinajstić information content (AvgIpc) is 2.94. The van der Waals surface area contributed by atoms with Crippen LogP contribution >= 0.6 is 11.3 Å². The highest BCUT2D eigenvalue weighted by molar-refractivity contribution is 7.10. The number of fused-ring (bicyclic) bond motifs is 1. The molecular formula is C13H14N4OS. The first-order valence-corrected chi connectivity index (χ1v) is 6.90. The molecule has 19 heavy (non-hydrogen) atoms. The second kappa shape index (κ2) is 4.89. The highest BCUT2D eigenvalue weighted by atomic mass is 32.1. The Morgan fingerprint density at radius 3 is 3.21 bits per heavy atom. The molecule has 0 spiro atoms. The Labute approximate surface area is 115 Å². The second-order valence-electron chi connectivity index (χ2n) is 4.43. The standard InChI is InChI=1S/C13H14N4OS/c14-13(16-18)9-1-4-15-12(7-9)17-5-2-11-10(8-17)3-6-19-11/h1,3-4,6-7,18H,2,5,8H2,(H2,14,16). The van der Waals surface area contributed by atoms with Crippen molar-refractivity contribution >= 4 is 23.0 Å². The van der Waals surface area contributed by atoms with Crippen molar-refractivity contribution in [1.29, 1.82) is 0 Å². The molecule has 0 atom stereocenters. The minimum atomic E-state index is 0.108. The Kier molecular flexibility index (Phi) is 3.08. The molecule has 0 saturated carbocycles. The van der Waals surface area contributed by atoms with Crippen molar-refractivity contribution in [2.45, 2.75) is 13.0 Å². The number of nitrogens with two attached hydrogens (primary N) is 1. The van der Waals surface area contributed by atoms with Gasteiger partial charge in [-0.25, -0.2) is 4.98 Å². The molecular weight excluding hydrogens is 260 g/mol. The van der Waals surface area contributed by atoms with Gasteiger partial charge in [-0.15, -0.1) is 11.3 Å². The maximum atomic E-state index is 8.72. The number of nitrogens with zero attached hydrogens (tertiary/aromatic N) is 3. The van der Waals surface area contributed by atoms with Crippen LogP contribution in [0.5, 0.6) is 0 Å². The molecule has 2 aromatic heterocycles. The van der Waals surface area contributed by atoms with Crippen LogP contribution in [0, 0.1) is 0 Å². The molecule has 1 aliphatic heterocycles. The van der Waals surface area contributed by atoms with Gasteiger partial charge in [-0.2, -0.15) is 0 Å². The van der Waals surface area contributed by atoms with E-state index in [0.717, 1.165) is 25.3 Å². The fourth-order valence-electron chi connectivity index (χ4n) is 2.25. The van der Waals surface area contributed by atoms with E-state index >= 15 is 0 Å². The zero-order chi connectivity index (χ0) is 13.2. The van der Waals surface area contributed by atoms with Crippen LogP contribution in [0.3, 0.4) is 0 Å². The van der Waals surface area contributed by atoms with Crippen molar-refractivity contribution in [2.75, 3.05) is 11.4 Å². The van der Waals surface area contributed by atoms with Crippen LogP contribution in [-0.2, 0) is 13.0 Å². The molecule has 0 bridgehead atoms. The highest BCUT2D eigenvalue weighted by Gasteiger charge is 2.18. The van der Waals surface area contributed by atoms with E-state index in [0.29, 0.717) is 5.56 Å². The molecule has 6 heteroatoms. The largest absolute Gasteiger partial charge is 0.409 e. The quantitative estimate of drug-likeness (QED) is 0.379. The van der Waals surface area contributed by atoms with Crippen LogP contribution in [0.15, 0.2) is 34.9 Å². The summed E-state index contributed by atoms with van der Waals surface area (Å²) in [6, 6.07) is 5.75. The maximum Gasteiger partial charge on any atom is 0.170 e. The molecule has 0 aliphatic carbocycles. The van der Waals surface area contributed by atoms with Gasteiger partial charge in [-0.1, -0.05) is 5.16 Å². The average molecular weight is 274 g/mol. The monoisotopic (exact) mass is 274 g/mol. The number of pyridine rings is 1. The van der Waals surface area contributed by atoms with Gasteiger partial charge in [-0.3, -0.25) is 0 Å². The first-order chi connectivity index (χ1) is 9.28. The number of amidine groups is 1. The van der Waals surface area contributed by atoms with E-state index in [1.165, 1.54) is 10.4 Å². The van der Waals surface area contributed by atoms with Crippen molar-refractivity contribution in [3.63, 3.8) is 0 Å². The van der Waals surface area contributed by atoms with E-state index < -0.39 is 0 Å². The van der Waals surface area contributed by atoms with Crippen molar-refractivity contribution in [3.05, 3.63) is 45.8 Å². The first kappa shape index (κ1) is 12.0. The molecule has 5 nitrogen and oxygen atoms in total. The summed E-state index contributed by atoms with van der Waals surface area (Å²) < 4.78 is 0. The van der Waals surface area contributed by atoms with Crippen LogP contribution in [-0.4, -0.2) is 22.6 Å². The Morgan fingerprint density at radius 1 is 1.47 bits per heavy atom. The van der Waals surface area contributed by atoms with Gasteiger partial charge in [0.1, 0.15) is 5.82 Å². The molecule has 0 saturated heterocycles. The number of oxime groups is 1. The minimum Gasteiger partial charge on any atom is -0.409 e. The number of hydrogen-bond acceptors (Lipinski definition) is 5. The summed E-state index contributed by atoms with van der Waals surface area (Å²) in [6.45, 7) is 1.81. The van der Waals surface area contributed by atoms with Crippen molar-refractivity contribution in [2.24, 2.45) is 10.9 Å². The molecule has 3 rings (SSSR count). The molecule has 0 amide bonds. The van der Waals surface area contributed by atoms with Gasteiger partial charge in [0.25, 0.3) is 0 Å². The van der Waals surface area contributed by atoms with E-state index in [-0.39, 0.29) is 5.84 Å². The minimum absolute atomic E-state index is 0.108. The Hall–Kier alpha value is -2.08. The number of aromatic nitrogens is 1. The number of rotatable bonds is 2. The first-order valence-electron chi connectivity index (χ1n) is 6.02. The zero-order valence-corrected chi connectivity index (χ0v) is 11.1. The van der Waals surface area contributed by atoms with Crippen LogP contribution in [0.4, 0.5) is 5.82 Å². The lowest BCUT2D eigenvalue weighted by molar-refractivity contribution is 0.318. The summed E-state index contributed by atoms with van der Waals surface area (Å²) in [5.41, 5.74) is 7.66. The summed E-state index contributed by atoms with van der Waals surface area (Å²) >= 11 is 1.82. The van der Waals surface area contributed by atoms with E-state index in [4.69, 9.17) is 10.9 Å². The molecule has 0 unspecified atom stereocenters. The third kappa shape index (κ3) is 2.26. The van der Waals surface area contributed by atoms with Gasteiger partial charge < -0.3 is 15.8 Å². The van der Waals surface area contributed by atoms with Gasteiger partial charge in [-0.05, 0) is 35.6 Å². The van der Waals surface area contributed by atoms with E-state index in [1.807, 2.05) is 17.4 Å². The van der Waals surface area contributed by atoms with Crippen LogP contribution < -0.4 is 10.6 Å². The molecule has 2 aromatic rings. The lowest BCUT2D eigenvalue weighted by atomic mass is 10.1. The van der Waals surface area contributed by atoms with E-state index in [2.05, 4.69) is 26.5 Å². The van der Waals surface area contributed by atoms with E-state index in [9.17, 15) is 0 Å². The molecule has 0 radical (unpaired) electrons. The summed E-state index contributed by atoms with van der Waals surface area (Å²) in [7, 11) is 0. The predicted octanol–water partition coefficient (Wildman–Crippen LogP) is 1.80. The topological polar surface area (TPSA) is 74.7 Å². The predicted molar refractivity (Wildman–Crippen MR) is 75.8 cm³/mol. The van der Waals surface area contributed by atoms with Gasteiger partial charge >= 0.3 is 0 Å². The Bertz CT molecular complexity index is 623.